The van der Waals surface area contributed by atoms with Crippen molar-refractivity contribution < 1.29 is 8.78 Å². The van der Waals surface area contributed by atoms with Gasteiger partial charge in [-0.15, -0.1) is 6.58 Å². The molecule has 0 spiro atoms. The van der Waals surface area contributed by atoms with Gasteiger partial charge in [0.25, 0.3) is 5.92 Å². The third-order valence-corrected chi connectivity index (χ3v) is 2.35. The van der Waals surface area contributed by atoms with Crippen molar-refractivity contribution in [2.24, 2.45) is 11.8 Å². The molecule has 2 atom stereocenters. The zero-order valence-electron chi connectivity index (χ0n) is 7.61. The van der Waals surface area contributed by atoms with E-state index in [2.05, 4.69) is 23.8 Å². The summed E-state index contributed by atoms with van der Waals surface area (Å²) in [6.07, 6.45) is 1.31. The summed E-state index contributed by atoms with van der Waals surface area (Å²) >= 11 is 0. The van der Waals surface area contributed by atoms with Gasteiger partial charge in [0.1, 0.15) is 0 Å². The van der Waals surface area contributed by atoms with Crippen LogP contribution in [0.1, 0.15) is 0 Å². The van der Waals surface area contributed by atoms with Gasteiger partial charge in [0, 0.05) is 13.6 Å². The molecule has 0 aromatic heterocycles. The van der Waals surface area contributed by atoms with E-state index in [4.69, 9.17) is 0 Å². The van der Waals surface area contributed by atoms with Crippen LogP contribution in [0.25, 0.3) is 0 Å². The van der Waals surface area contributed by atoms with Gasteiger partial charge in [-0.3, -0.25) is 0 Å². The largest absolute Gasteiger partial charge is 0.375 e. The lowest BCUT2D eigenvalue weighted by atomic mass is 10.3. The molecule has 13 heavy (non-hydrogen) atoms. The van der Waals surface area contributed by atoms with Crippen molar-refractivity contribution in [3.63, 3.8) is 0 Å². The summed E-state index contributed by atoms with van der Waals surface area (Å²) in [6, 6.07) is 0. The molecule has 1 rings (SSSR count). The van der Waals surface area contributed by atoms with E-state index in [1.165, 1.54) is 6.08 Å². The standard InChI is InChI=1S/C9H14F2N2/c1-4-7-8(9(7,10)11)5-13-6(2)12-3/h4,7-8,12-13H,1-2,5H2,3H3/t7-,8-/m0/s1. The fraction of sp³-hybridized carbons (Fsp3) is 0.556. The van der Waals surface area contributed by atoms with Gasteiger partial charge in [-0.05, 0) is 0 Å². The zero-order valence-corrected chi connectivity index (χ0v) is 7.61. The van der Waals surface area contributed by atoms with Crippen LogP contribution < -0.4 is 10.6 Å². The summed E-state index contributed by atoms with van der Waals surface area (Å²) in [5.41, 5.74) is 0. The lowest BCUT2D eigenvalue weighted by Gasteiger charge is -2.07. The minimum Gasteiger partial charge on any atom is -0.375 e. The first-order chi connectivity index (χ1) is 6.04. The van der Waals surface area contributed by atoms with Crippen molar-refractivity contribution in [1.29, 1.82) is 0 Å². The van der Waals surface area contributed by atoms with Gasteiger partial charge in [0.05, 0.1) is 17.7 Å². The van der Waals surface area contributed by atoms with Crippen LogP contribution in [0.15, 0.2) is 25.1 Å². The number of hydrogen-bond acceptors (Lipinski definition) is 2. The summed E-state index contributed by atoms with van der Waals surface area (Å²) in [5.74, 6) is -3.33. The van der Waals surface area contributed by atoms with Gasteiger partial charge in [-0.2, -0.15) is 0 Å². The van der Waals surface area contributed by atoms with Crippen molar-refractivity contribution >= 4 is 0 Å². The molecule has 0 heterocycles. The molecule has 4 heteroatoms. The molecular formula is C9H14F2N2. The van der Waals surface area contributed by atoms with Gasteiger partial charge in [-0.1, -0.05) is 12.7 Å². The third-order valence-electron chi connectivity index (χ3n) is 2.35. The van der Waals surface area contributed by atoms with E-state index in [1.54, 1.807) is 7.05 Å². The number of hydrogen-bond donors (Lipinski definition) is 2. The van der Waals surface area contributed by atoms with Crippen LogP contribution in [-0.4, -0.2) is 19.5 Å². The average molecular weight is 188 g/mol. The minimum atomic E-state index is -2.58. The molecular weight excluding hydrogens is 174 g/mol. The second-order valence-electron chi connectivity index (χ2n) is 3.15. The molecule has 1 saturated carbocycles. The Labute approximate surface area is 76.7 Å². The fourth-order valence-corrected chi connectivity index (χ4v) is 1.32. The highest BCUT2D eigenvalue weighted by molar-refractivity contribution is 5.14. The number of alkyl halides is 2. The summed E-state index contributed by atoms with van der Waals surface area (Å²) in [5, 5.41) is 5.51. The van der Waals surface area contributed by atoms with Crippen LogP contribution >= 0.6 is 0 Å². The van der Waals surface area contributed by atoms with Gasteiger partial charge in [0.15, 0.2) is 0 Å². The molecule has 1 fully saturated rings. The highest BCUT2D eigenvalue weighted by atomic mass is 19.3. The van der Waals surface area contributed by atoms with E-state index in [0.29, 0.717) is 5.82 Å². The van der Waals surface area contributed by atoms with E-state index in [0.717, 1.165) is 0 Å². The Morgan fingerprint density at radius 2 is 2.23 bits per heavy atom. The van der Waals surface area contributed by atoms with Crippen molar-refractivity contribution in [2.75, 3.05) is 13.6 Å². The predicted molar refractivity (Wildman–Crippen MR) is 48.3 cm³/mol. The number of halogens is 2. The molecule has 0 aromatic carbocycles. The van der Waals surface area contributed by atoms with E-state index >= 15 is 0 Å². The maximum atomic E-state index is 12.9. The van der Waals surface area contributed by atoms with Crippen molar-refractivity contribution in [2.45, 2.75) is 5.92 Å². The second-order valence-corrected chi connectivity index (χ2v) is 3.15. The maximum Gasteiger partial charge on any atom is 0.260 e. The Morgan fingerprint density at radius 1 is 1.62 bits per heavy atom. The van der Waals surface area contributed by atoms with Crippen molar-refractivity contribution in [1.82, 2.24) is 10.6 Å². The molecule has 2 N–H and O–H groups in total. The van der Waals surface area contributed by atoms with Crippen LogP contribution in [0.2, 0.25) is 0 Å². The normalized spacial score (nSPS) is 29.2. The Kier molecular flexibility index (Phi) is 2.59. The van der Waals surface area contributed by atoms with Crippen LogP contribution in [0.3, 0.4) is 0 Å². The lowest BCUT2D eigenvalue weighted by Crippen LogP contribution is -2.25. The van der Waals surface area contributed by atoms with Crippen LogP contribution in [0, 0.1) is 11.8 Å². The topological polar surface area (TPSA) is 24.1 Å². The smallest absolute Gasteiger partial charge is 0.260 e. The zero-order chi connectivity index (χ0) is 10.1. The van der Waals surface area contributed by atoms with Crippen molar-refractivity contribution in [3.8, 4) is 0 Å². The average Bonchev–Trinajstić information content (AvgIpc) is 2.63. The van der Waals surface area contributed by atoms with Crippen molar-refractivity contribution in [3.05, 3.63) is 25.1 Å². The highest BCUT2D eigenvalue weighted by Gasteiger charge is 2.66. The Hall–Kier alpha value is -1.06. The second kappa shape index (κ2) is 3.36. The van der Waals surface area contributed by atoms with Gasteiger partial charge in [0.2, 0.25) is 0 Å². The molecule has 0 unspecified atom stereocenters. The quantitative estimate of drug-likeness (QED) is 0.636. The number of nitrogens with one attached hydrogen (secondary N) is 2. The van der Waals surface area contributed by atoms with Gasteiger partial charge in [-0.25, -0.2) is 8.78 Å². The number of rotatable bonds is 5. The summed E-state index contributed by atoms with van der Waals surface area (Å²) in [7, 11) is 1.69. The summed E-state index contributed by atoms with van der Waals surface area (Å²) in [6.45, 7) is 7.19. The van der Waals surface area contributed by atoms with Crippen LogP contribution in [0.5, 0.6) is 0 Å². The number of allylic oxidation sites excluding steroid dienone is 1. The monoisotopic (exact) mass is 188 g/mol. The SMILES string of the molecule is C=C[C@H]1[C@H](CNC(=C)NC)C1(F)F. The first-order valence-electron chi connectivity index (χ1n) is 4.15. The van der Waals surface area contributed by atoms with Crippen LogP contribution in [0.4, 0.5) is 8.78 Å². The molecule has 0 aliphatic heterocycles. The molecule has 74 valence electrons. The Balaban J connectivity index is 2.33. The third kappa shape index (κ3) is 1.82. The molecule has 0 saturated heterocycles. The fourth-order valence-electron chi connectivity index (χ4n) is 1.32. The molecule has 1 aliphatic carbocycles. The molecule has 2 nitrogen and oxygen atoms in total. The Morgan fingerprint density at radius 3 is 2.62 bits per heavy atom. The lowest BCUT2D eigenvalue weighted by molar-refractivity contribution is 0.0902. The van der Waals surface area contributed by atoms with Gasteiger partial charge < -0.3 is 10.6 Å². The van der Waals surface area contributed by atoms with Gasteiger partial charge >= 0.3 is 0 Å². The van der Waals surface area contributed by atoms with E-state index in [1.807, 2.05) is 0 Å². The first-order valence-corrected chi connectivity index (χ1v) is 4.15. The summed E-state index contributed by atoms with van der Waals surface area (Å²) in [4.78, 5) is 0. The molecule has 0 amide bonds. The van der Waals surface area contributed by atoms with E-state index < -0.39 is 17.8 Å². The minimum absolute atomic E-state index is 0.239. The van der Waals surface area contributed by atoms with Crippen LogP contribution in [-0.2, 0) is 0 Å². The molecule has 0 aromatic rings. The van der Waals surface area contributed by atoms with E-state index in [-0.39, 0.29) is 6.54 Å². The van der Waals surface area contributed by atoms with E-state index in [9.17, 15) is 8.78 Å². The molecule has 0 bridgehead atoms. The molecule has 0 radical (unpaired) electrons. The first kappa shape index (κ1) is 10.0. The predicted octanol–water partition coefficient (Wildman–Crippen LogP) is 1.33. The summed E-state index contributed by atoms with van der Waals surface area (Å²) < 4.78 is 25.7. The molecule has 1 aliphatic rings. The Bertz CT molecular complexity index is 226. The highest BCUT2D eigenvalue weighted by Crippen LogP contribution is 2.55. The maximum absolute atomic E-state index is 12.9.